The summed E-state index contributed by atoms with van der Waals surface area (Å²) in [5, 5.41) is 15.4. The molecule has 0 aromatic carbocycles. The Hall–Kier alpha value is -2.37. The van der Waals surface area contributed by atoms with Crippen LogP contribution in [-0.4, -0.2) is 33.1 Å². The molecule has 6 heteroatoms. The van der Waals surface area contributed by atoms with Crippen molar-refractivity contribution in [3.05, 3.63) is 36.2 Å². The highest BCUT2D eigenvalue weighted by molar-refractivity contribution is 6.00. The molecule has 106 valence electrons. The second-order valence-electron chi connectivity index (χ2n) is 4.55. The lowest BCUT2D eigenvalue weighted by Gasteiger charge is -2.03. The van der Waals surface area contributed by atoms with Crippen molar-refractivity contribution in [3.8, 4) is 0 Å². The number of unbranched alkanes of at least 4 members (excludes halogenated alkanes) is 2. The minimum Gasteiger partial charge on any atom is -0.481 e. The van der Waals surface area contributed by atoms with Crippen molar-refractivity contribution in [2.24, 2.45) is 0 Å². The standard InChI is InChI=1S/C14H17N3O3/c18-13(19)7-2-1-4-8-15-14(20)11-10-16-17-9-5-3-6-12(11)17/h3,5-6,9-10H,1-2,4,7-8H2,(H,15,20)(H,18,19). The second-order valence-corrected chi connectivity index (χ2v) is 4.55. The molecule has 6 nitrogen and oxygen atoms in total. The minimum atomic E-state index is -0.777. The fraction of sp³-hybridized carbons (Fsp3) is 0.357. The number of carboxylic acid groups (broad SMARTS) is 1. The summed E-state index contributed by atoms with van der Waals surface area (Å²) >= 11 is 0. The zero-order valence-corrected chi connectivity index (χ0v) is 11.1. The zero-order chi connectivity index (χ0) is 14.4. The Morgan fingerprint density at radius 3 is 2.90 bits per heavy atom. The number of carbonyl (C=O) groups is 2. The largest absolute Gasteiger partial charge is 0.481 e. The van der Waals surface area contributed by atoms with Crippen molar-refractivity contribution < 1.29 is 14.7 Å². The Bertz CT molecular complexity index is 606. The quantitative estimate of drug-likeness (QED) is 0.753. The number of hydrogen-bond acceptors (Lipinski definition) is 3. The van der Waals surface area contributed by atoms with Gasteiger partial charge in [0.1, 0.15) is 0 Å². The Kier molecular flexibility index (Phi) is 4.70. The van der Waals surface area contributed by atoms with E-state index in [2.05, 4.69) is 10.4 Å². The molecule has 0 saturated heterocycles. The van der Waals surface area contributed by atoms with Crippen LogP contribution in [0, 0.1) is 0 Å². The molecule has 2 aromatic heterocycles. The lowest BCUT2D eigenvalue weighted by Crippen LogP contribution is -2.24. The Balaban J connectivity index is 1.79. The van der Waals surface area contributed by atoms with Gasteiger partial charge in [-0.2, -0.15) is 5.10 Å². The summed E-state index contributed by atoms with van der Waals surface area (Å²) in [6.45, 7) is 0.544. The van der Waals surface area contributed by atoms with Gasteiger partial charge in [-0.15, -0.1) is 0 Å². The van der Waals surface area contributed by atoms with Gasteiger partial charge in [0, 0.05) is 19.2 Å². The number of carboxylic acids is 1. The van der Waals surface area contributed by atoms with E-state index in [-0.39, 0.29) is 12.3 Å². The second kappa shape index (κ2) is 6.70. The number of rotatable bonds is 7. The summed E-state index contributed by atoms with van der Waals surface area (Å²) in [5.74, 6) is -0.926. The molecule has 0 aliphatic carbocycles. The average Bonchev–Trinajstić information content (AvgIpc) is 2.86. The average molecular weight is 275 g/mol. The number of nitrogens with zero attached hydrogens (tertiary/aromatic N) is 2. The number of amides is 1. The lowest BCUT2D eigenvalue weighted by atomic mass is 10.2. The third-order valence-corrected chi connectivity index (χ3v) is 3.02. The fourth-order valence-corrected chi connectivity index (χ4v) is 1.98. The first kappa shape index (κ1) is 14.0. The number of carbonyl (C=O) groups excluding carboxylic acids is 1. The van der Waals surface area contributed by atoms with Crippen LogP contribution in [0.25, 0.3) is 5.52 Å². The number of fused-ring (bicyclic) bond motifs is 1. The summed E-state index contributed by atoms with van der Waals surface area (Å²) in [5.41, 5.74) is 1.33. The van der Waals surface area contributed by atoms with Crippen LogP contribution in [-0.2, 0) is 4.79 Å². The van der Waals surface area contributed by atoms with Crippen LogP contribution in [0.15, 0.2) is 30.6 Å². The molecular weight excluding hydrogens is 258 g/mol. The van der Waals surface area contributed by atoms with E-state index in [1.165, 1.54) is 0 Å². The van der Waals surface area contributed by atoms with E-state index in [1.807, 2.05) is 18.2 Å². The van der Waals surface area contributed by atoms with E-state index in [9.17, 15) is 9.59 Å². The number of aliphatic carboxylic acids is 1. The molecule has 1 amide bonds. The van der Waals surface area contributed by atoms with E-state index in [0.717, 1.165) is 18.4 Å². The molecule has 20 heavy (non-hydrogen) atoms. The predicted molar refractivity (Wildman–Crippen MR) is 73.6 cm³/mol. The maximum absolute atomic E-state index is 12.0. The summed E-state index contributed by atoms with van der Waals surface area (Å²) in [7, 11) is 0. The normalized spacial score (nSPS) is 10.6. The van der Waals surface area contributed by atoms with Gasteiger partial charge < -0.3 is 10.4 Å². The van der Waals surface area contributed by atoms with Crippen LogP contribution in [0.5, 0.6) is 0 Å². The number of pyridine rings is 1. The Labute approximate surface area is 116 Å². The smallest absolute Gasteiger partial charge is 0.303 e. The molecule has 0 aliphatic rings. The maximum Gasteiger partial charge on any atom is 0.303 e. The van der Waals surface area contributed by atoms with E-state index in [1.54, 1.807) is 16.9 Å². The van der Waals surface area contributed by atoms with Gasteiger partial charge in [-0.25, -0.2) is 4.52 Å². The third kappa shape index (κ3) is 3.57. The molecule has 0 aliphatic heterocycles. The summed E-state index contributed by atoms with van der Waals surface area (Å²) in [4.78, 5) is 22.3. The van der Waals surface area contributed by atoms with Gasteiger partial charge in [-0.1, -0.05) is 12.5 Å². The van der Waals surface area contributed by atoms with Crippen molar-refractivity contribution in [2.75, 3.05) is 6.54 Å². The molecule has 2 rings (SSSR count). The maximum atomic E-state index is 12.0. The molecule has 2 N–H and O–H groups in total. The lowest BCUT2D eigenvalue weighted by molar-refractivity contribution is -0.137. The molecule has 0 saturated carbocycles. The van der Waals surface area contributed by atoms with Crippen molar-refractivity contribution in [1.82, 2.24) is 14.9 Å². The number of nitrogens with one attached hydrogen (secondary N) is 1. The molecule has 0 atom stereocenters. The summed E-state index contributed by atoms with van der Waals surface area (Å²) < 4.78 is 1.65. The van der Waals surface area contributed by atoms with Gasteiger partial charge in [0.25, 0.3) is 5.91 Å². The van der Waals surface area contributed by atoms with Crippen LogP contribution >= 0.6 is 0 Å². The first-order valence-electron chi connectivity index (χ1n) is 6.61. The van der Waals surface area contributed by atoms with Gasteiger partial charge in [0.15, 0.2) is 0 Å². The predicted octanol–water partition coefficient (Wildman–Crippen LogP) is 1.71. The van der Waals surface area contributed by atoms with Gasteiger partial charge in [-0.3, -0.25) is 9.59 Å². The molecule has 0 radical (unpaired) electrons. The van der Waals surface area contributed by atoms with Gasteiger partial charge in [0.2, 0.25) is 0 Å². The van der Waals surface area contributed by atoms with Crippen molar-refractivity contribution in [3.63, 3.8) is 0 Å². The van der Waals surface area contributed by atoms with Crippen LogP contribution in [0.3, 0.4) is 0 Å². The summed E-state index contributed by atoms with van der Waals surface area (Å²) in [6.07, 6.45) is 5.73. The highest BCUT2D eigenvalue weighted by atomic mass is 16.4. The summed E-state index contributed by atoms with van der Waals surface area (Å²) in [6, 6.07) is 5.55. The van der Waals surface area contributed by atoms with E-state index in [0.29, 0.717) is 18.5 Å². The first-order chi connectivity index (χ1) is 9.68. The molecule has 0 fully saturated rings. The molecule has 0 spiro atoms. The third-order valence-electron chi connectivity index (χ3n) is 3.02. The van der Waals surface area contributed by atoms with Crippen LogP contribution in [0.4, 0.5) is 0 Å². The van der Waals surface area contributed by atoms with Gasteiger partial charge in [-0.05, 0) is 25.0 Å². The van der Waals surface area contributed by atoms with Crippen LogP contribution in [0.1, 0.15) is 36.0 Å². The Morgan fingerprint density at radius 2 is 2.10 bits per heavy atom. The number of aromatic nitrogens is 2. The van der Waals surface area contributed by atoms with Crippen LogP contribution < -0.4 is 5.32 Å². The number of hydrogen-bond donors (Lipinski definition) is 2. The van der Waals surface area contributed by atoms with Gasteiger partial charge >= 0.3 is 5.97 Å². The van der Waals surface area contributed by atoms with Crippen LogP contribution in [0.2, 0.25) is 0 Å². The van der Waals surface area contributed by atoms with E-state index in [4.69, 9.17) is 5.11 Å². The van der Waals surface area contributed by atoms with Gasteiger partial charge in [0.05, 0.1) is 17.3 Å². The molecule has 0 bridgehead atoms. The SMILES string of the molecule is O=C(O)CCCCCNC(=O)c1cnn2ccccc12. The highest BCUT2D eigenvalue weighted by Crippen LogP contribution is 2.09. The van der Waals surface area contributed by atoms with Crippen molar-refractivity contribution in [2.45, 2.75) is 25.7 Å². The van der Waals surface area contributed by atoms with E-state index >= 15 is 0 Å². The molecular formula is C14H17N3O3. The zero-order valence-electron chi connectivity index (χ0n) is 11.1. The topological polar surface area (TPSA) is 83.7 Å². The molecule has 0 unspecified atom stereocenters. The van der Waals surface area contributed by atoms with Crippen molar-refractivity contribution >= 4 is 17.4 Å². The molecule has 2 heterocycles. The van der Waals surface area contributed by atoms with E-state index < -0.39 is 5.97 Å². The minimum absolute atomic E-state index is 0.149. The highest BCUT2D eigenvalue weighted by Gasteiger charge is 2.11. The van der Waals surface area contributed by atoms with Crippen molar-refractivity contribution in [1.29, 1.82) is 0 Å². The fourth-order valence-electron chi connectivity index (χ4n) is 1.98. The first-order valence-corrected chi connectivity index (χ1v) is 6.61. The molecule has 2 aromatic rings. The monoisotopic (exact) mass is 275 g/mol. The Morgan fingerprint density at radius 1 is 1.25 bits per heavy atom.